The minimum absolute atomic E-state index is 0.0751. The molecule has 1 rings (SSSR count). The van der Waals surface area contributed by atoms with Crippen LogP contribution in [0, 0.1) is 6.92 Å². The molecule has 1 heterocycles. The molecule has 1 aromatic heterocycles. The standard InChI is InChI=1S/C9H15N3O2/c1-7-8(4-11(2)3)5-12(10-7)6-9(13)14/h5H,4,6H2,1-3H3,(H,13,14). The molecular weight excluding hydrogens is 182 g/mol. The molecule has 5 heteroatoms. The van der Waals surface area contributed by atoms with Gasteiger partial charge in [-0.3, -0.25) is 9.48 Å². The lowest BCUT2D eigenvalue weighted by Crippen LogP contribution is -2.11. The molecule has 0 aromatic carbocycles. The second kappa shape index (κ2) is 4.23. The fourth-order valence-electron chi connectivity index (χ4n) is 1.27. The average molecular weight is 197 g/mol. The molecule has 0 aliphatic heterocycles. The maximum Gasteiger partial charge on any atom is 0.325 e. The molecular formula is C9H15N3O2. The Morgan fingerprint density at radius 3 is 2.79 bits per heavy atom. The molecule has 0 amide bonds. The van der Waals surface area contributed by atoms with Crippen molar-refractivity contribution in [3.05, 3.63) is 17.5 Å². The highest BCUT2D eigenvalue weighted by molar-refractivity contribution is 5.66. The normalized spacial score (nSPS) is 10.9. The Labute approximate surface area is 82.9 Å². The summed E-state index contributed by atoms with van der Waals surface area (Å²) in [5.41, 5.74) is 1.95. The topological polar surface area (TPSA) is 58.4 Å². The fourth-order valence-corrected chi connectivity index (χ4v) is 1.27. The number of aromatic nitrogens is 2. The zero-order valence-electron chi connectivity index (χ0n) is 8.69. The lowest BCUT2D eigenvalue weighted by Gasteiger charge is -2.07. The second-order valence-corrected chi connectivity index (χ2v) is 3.57. The molecule has 1 N–H and O–H groups in total. The summed E-state index contributed by atoms with van der Waals surface area (Å²) in [6.45, 7) is 2.59. The second-order valence-electron chi connectivity index (χ2n) is 3.57. The molecule has 14 heavy (non-hydrogen) atoms. The summed E-state index contributed by atoms with van der Waals surface area (Å²) in [7, 11) is 3.93. The van der Waals surface area contributed by atoms with E-state index in [1.165, 1.54) is 4.68 Å². The van der Waals surface area contributed by atoms with Crippen molar-refractivity contribution in [2.24, 2.45) is 0 Å². The van der Waals surface area contributed by atoms with E-state index in [1.807, 2.05) is 25.9 Å². The molecule has 0 radical (unpaired) electrons. The summed E-state index contributed by atoms with van der Waals surface area (Å²) in [5, 5.41) is 12.7. The zero-order chi connectivity index (χ0) is 10.7. The van der Waals surface area contributed by atoms with Crippen molar-refractivity contribution >= 4 is 5.97 Å². The molecule has 5 nitrogen and oxygen atoms in total. The van der Waals surface area contributed by atoms with Crippen LogP contribution in [0.1, 0.15) is 11.3 Å². The van der Waals surface area contributed by atoms with Gasteiger partial charge >= 0.3 is 5.97 Å². The van der Waals surface area contributed by atoms with Crippen LogP contribution in [0.3, 0.4) is 0 Å². The Morgan fingerprint density at radius 1 is 1.64 bits per heavy atom. The van der Waals surface area contributed by atoms with Gasteiger partial charge in [-0.2, -0.15) is 5.10 Å². The Bertz CT molecular complexity index is 331. The minimum Gasteiger partial charge on any atom is -0.480 e. The average Bonchev–Trinajstić information content (AvgIpc) is 2.28. The Kier molecular flexibility index (Phi) is 3.24. The summed E-state index contributed by atoms with van der Waals surface area (Å²) < 4.78 is 1.45. The molecule has 0 aliphatic rings. The van der Waals surface area contributed by atoms with E-state index in [9.17, 15) is 4.79 Å². The van der Waals surface area contributed by atoms with Gasteiger partial charge in [0, 0.05) is 18.3 Å². The highest BCUT2D eigenvalue weighted by Gasteiger charge is 2.07. The first kappa shape index (κ1) is 10.7. The van der Waals surface area contributed by atoms with E-state index in [0.29, 0.717) is 0 Å². The van der Waals surface area contributed by atoms with E-state index in [-0.39, 0.29) is 6.54 Å². The van der Waals surface area contributed by atoms with Crippen LogP contribution in [-0.2, 0) is 17.9 Å². The van der Waals surface area contributed by atoms with Crippen molar-refractivity contribution in [1.82, 2.24) is 14.7 Å². The lowest BCUT2D eigenvalue weighted by atomic mass is 10.2. The van der Waals surface area contributed by atoms with Gasteiger partial charge in [0.1, 0.15) is 6.54 Å². The summed E-state index contributed by atoms with van der Waals surface area (Å²) in [4.78, 5) is 12.5. The van der Waals surface area contributed by atoms with Gasteiger partial charge in [0.05, 0.1) is 5.69 Å². The first-order valence-electron chi connectivity index (χ1n) is 4.38. The number of carboxylic acid groups (broad SMARTS) is 1. The third kappa shape index (κ3) is 2.85. The maximum atomic E-state index is 10.4. The smallest absolute Gasteiger partial charge is 0.325 e. The van der Waals surface area contributed by atoms with Crippen molar-refractivity contribution in [1.29, 1.82) is 0 Å². The largest absolute Gasteiger partial charge is 0.480 e. The van der Waals surface area contributed by atoms with E-state index in [2.05, 4.69) is 5.10 Å². The van der Waals surface area contributed by atoms with Crippen LogP contribution in [0.4, 0.5) is 0 Å². The van der Waals surface area contributed by atoms with Gasteiger partial charge in [-0.05, 0) is 21.0 Å². The highest BCUT2D eigenvalue weighted by atomic mass is 16.4. The Hall–Kier alpha value is -1.36. The molecule has 78 valence electrons. The molecule has 0 bridgehead atoms. The van der Waals surface area contributed by atoms with Crippen molar-refractivity contribution in [2.75, 3.05) is 14.1 Å². The first-order chi connectivity index (χ1) is 6.49. The van der Waals surface area contributed by atoms with Gasteiger partial charge in [0.25, 0.3) is 0 Å². The summed E-state index contributed by atoms with van der Waals surface area (Å²) in [5.74, 6) is -0.871. The van der Waals surface area contributed by atoms with E-state index in [4.69, 9.17) is 5.11 Å². The van der Waals surface area contributed by atoms with E-state index in [1.54, 1.807) is 6.20 Å². The van der Waals surface area contributed by atoms with Crippen molar-refractivity contribution in [3.8, 4) is 0 Å². The zero-order valence-corrected chi connectivity index (χ0v) is 8.69. The van der Waals surface area contributed by atoms with Crippen LogP contribution in [-0.4, -0.2) is 39.9 Å². The monoisotopic (exact) mass is 197 g/mol. The van der Waals surface area contributed by atoms with Crippen LogP contribution < -0.4 is 0 Å². The third-order valence-corrected chi connectivity index (χ3v) is 1.83. The Morgan fingerprint density at radius 2 is 2.29 bits per heavy atom. The van der Waals surface area contributed by atoms with Gasteiger partial charge in [-0.1, -0.05) is 0 Å². The van der Waals surface area contributed by atoms with Crippen LogP contribution in [0.2, 0.25) is 0 Å². The number of hydrogen-bond donors (Lipinski definition) is 1. The van der Waals surface area contributed by atoms with Crippen molar-refractivity contribution in [2.45, 2.75) is 20.0 Å². The number of aliphatic carboxylic acids is 1. The van der Waals surface area contributed by atoms with Gasteiger partial charge in [0.2, 0.25) is 0 Å². The number of carboxylic acids is 1. The van der Waals surface area contributed by atoms with Crippen LogP contribution >= 0.6 is 0 Å². The molecule has 0 atom stereocenters. The summed E-state index contributed by atoms with van der Waals surface area (Å²) in [6, 6.07) is 0. The number of rotatable bonds is 4. The van der Waals surface area contributed by atoms with Gasteiger partial charge < -0.3 is 10.0 Å². The fraction of sp³-hybridized carbons (Fsp3) is 0.556. The Balaban J connectivity index is 2.76. The SMILES string of the molecule is Cc1nn(CC(=O)O)cc1CN(C)C. The molecule has 1 aromatic rings. The van der Waals surface area contributed by atoms with Gasteiger partial charge in [-0.15, -0.1) is 0 Å². The highest BCUT2D eigenvalue weighted by Crippen LogP contribution is 2.07. The summed E-state index contributed by atoms with van der Waals surface area (Å²) in [6.07, 6.45) is 1.78. The van der Waals surface area contributed by atoms with Crippen LogP contribution in [0.5, 0.6) is 0 Å². The number of nitrogens with zero attached hydrogens (tertiary/aromatic N) is 3. The minimum atomic E-state index is -0.871. The number of hydrogen-bond acceptors (Lipinski definition) is 3. The summed E-state index contributed by atoms with van der Waals surface area (Å²) >= 11 is 0. The molecule has 0 saturated heterocycles. The van der Waals surface area contributed by atoms with Crippen LogP contribution in [0.15, 0.2) is 6.20 Å². The molecule has 0 unspecified atom stereocenters. The number of aryl methyl sites for hydroxylation is 1. The van der Waals surface area contributed by atoms with E-state index >= 15 is 0 Å². The molecule has 0 spiro atoms. The van der Waals surface area contributed by atoms with E-state index < -0.39 is 5.97 Å². The molecule has 0 saturated carbocycles. The lowest BCUT2D eigenvalue weighted by molar-refractivity contribution is -0.137. The first-order valence-corrected chi connectivity index (χ1v) is 4.38. The van der Waals surface area contributed by atoms with Crippen LogP contribution in [0.25, 0.3) is 0 Å². The van der Waals surface area contributed by atoms with Crippen molar-refractivity contribution < 1.29 is 9.90 Å². The maximum absolute atomic E-state index is 10.4. The number of carbonyl (C=O) groups is 1. The molecule has 0 aliphatic carbocycles. The van der Waals surface area contributed by atoms with Crippen molar-refractivity contribution in [3.63, 3.8) is 0 Å². The predicted octanol–water partition coefficient (Wildman–Crippen LogP) is 0.338. The third-order valence-electron chi connectivity index (χ3n) is 1.83. The van der Waals surface area contributed by atoms with Gasteiger partial charge in [0.15, 0.2) is 0 Å². The quantitative estimate of drug-likeness (QED) is 0.756. The predicted molar refractivity (Wildman–Crippen MR) is 52.0 cm³/mol. The molecule has 0 fully saturated rings. The van der Waals surface area contributed by atoms with E-state index in [0.717, 1.165) is 17.8 Å². The van der Waals surface area contributed by atoms with Gasteiger partial charge in [-0.25, -0.2) is 0 Å².